The number of primary sulfonamides is 1. The molecule has 0 aliphatic carbocycles. The molecule has 20 heavy (non-hydrogen) atoms. The SMILES string of the molecule is CC1(C)CCN(C(=O)c2cc(Cl)cc(S(N)(=O)=O)c2)C1. The first-order valence-electron chi connectivity index (χ1n) is 6.21. The zero-order valence-corrected chi connectivity index (χ0v) is 13.0. The quantitative estimate of drug-likeness (QED) is 0.904. The van der Waals surface area contributed by atoms with E-state index >= 15 is 0 Å². The molecule has 1 aromatic carbocycles. The van der Waals surface area contributed by atoms with Crippen LogP contribution in [0, 0.1) is 5.41 Å². The number of sulfonamides is 1. The Labute approximate surface area is 123 Å². The summed E-state index contributed by atoms with van der Waals surface area (Å²) in [6.45, 7) is 5.48. The van der Waals surface area contributed by atoms with Crippen molar-refractivity contribution in [2.45, 2.75) is 25.2 Å². The molecule has 2 rings (SSSR count). The number of hydrogen-bond acceptors (Lipinski definition) is 3. The third kappa shape index (κ3) is 3.31. The summed E-state index contributed by atoms with van der Waals surface area (Å²) in [5, 5.41) is 5.26. The topological polar surface area (TPSA) is 80.5 Å². The molecule has 2 N–H and O–H groups in total. The highest BCUT2D eigenvalue weighted by molar-refractivity contribution is 7.89. The zero-order chi connectivity index (χ0) is 15.1. The lowest BCUT2D eigenvalue weighted by Crippen LogP contribution is -2.30. The van der Waals surface area contributed by atoms with E-state index in [0.29, 0.717) is 13.1 Å². The Morgan fingerprint density at radius 1 is 1.35 bits per heavy atom. The maximum atomic E-state index is 12.4. The van der Waals surface area contributed by atoms with Crippen LogP contribution in [0.3, 0.4) is 0 Å². The first-order valence-corrected chi connectivity index (χ1v) is 8.14. The van der Waals surface area contributed by atoms with Gasteiger partial charge in [-0.15, -0.1) is 0 Å². The van der Waals surface area contributed by atoms with Gasteiger partial charge >= 0.3 is 0 Å². The van der Waals surface area contributed by atoms with Gasteiger partial charge in [-0.3, -0.25) is 4.79 Å². The highest BCUT2D eigenvalue weighted by atomic mass is 35.5. The largest absolute Gasteiger partial charge is 0.338 e. The highest BCUT2D eigenvalue weighted by Crippen LogP contribution is 2.30. The van der Waals surface area contributed by atoms with E-state index in [4.69, 9.17) is 16.7 Å². The van der Waals surface area contributed by atoms with Crippen LogP contribution < -0.4 is 5.14 Å². The first kappa shape index (κ1) is 15.3. The Morgan fingerprint density at radius 2 is 2.00 bits per heavy atom. The molecular weight excluding hydrogens is 300 g/mol. The van der Waals surface area contributed by atoms with Crippen LogP contribution in [0.15, 0.2) is 23.1 Å². The number of carbonyl (C=O) groups is 1. The summed E-state index contributed by atoms with van der Waals surface area (Å²) < 4.78 is 22.8. The third-order valence-corrected chi connectivity index (χ3v) is 4.52. The lowest BCUT2D eigenvalue weighted by atomic mass is 9.93. The molecule has 1 heterocycles. The highest BCUT2D eigenvalue weighted by Gasteiger charge is 2.32. The van der Waals surface area contributed by atoms with Gasteiger partial charge in [0.15, 0.2) is 0 Å². The molecule has 7 heteroatoms. The lowest BCUT2D eigenvalue weighted by molar-refractivity contribution is 0.0778. The molecule has 0 unspecified atom stereocenters. The van der Waals surface area contributed by atoms with E-state index in [-0.39, 0.29) is 26.8 Å². The molecule has 1 fully saturated rings. The maximum Gasteiger partial charge on any atom is 0.253 e. The Morgan fingerprint density at radius 3 is 2.50 bits per heavy atom. The number of likely N-dealkylation sites (tertiary alicyclic amines) is 1. The van der Waals surface area contributed by atoms with E-state index in [1.54, 1.807) is 4.90 Å². The Hall–Kier alpha value is -1.11. The molecule has 1 saturated heterocycles. The number of halogens is 1. The Bertz CT molecular complexity index is 656. The fourth-order valence-corrected chi connectivity index (χ4v) is 3.20. The van der Waals surface area contributed by atoms with Crippen molar-refractivity contribution < 1.29 is 13.2 Å². The normalized spacial score (nSPS) is 18.3. The van der Waals surface area contributed by atoms with E-state index in [0.717, 1.165) is 6.42 Å². The number of amides is 1. The maximum absolute atomic E-state index is 12.4. The van der Waals surface area contributed by atoms with Crippen LogP contribution >= 0.6 is 11.6 Å². The van der Waals surface area contributed by atoms with E-state index in [1.165, 1.54) is 18.2 Å². The van der Waals surface area contributed by atoms with Gasteiger partial charge < -0.3 is 4.90 Å². The van der Waals surface area contributed by atoms with Crippen molar-refractivity contribution in [1.29, 1.82) is 0 Å². The molecule has 0 spiro atoms. The average molecular weight is 317 g/mol. The van der Waals surface area contributed by atoms with E-state index < -0.39 is 10.0 Å². The molecule has 0 bridgehead atoms. The van der Waals surface area contributed by atoms with Gasteiger partial charge in [0, 0.05) is 23.7 Å². The van der Waals surface area contributed by atoms with Gasteiger partial charge in [0.2, 0.25) is 10.0 Å². The summed E-state index contributed by atoms with van der Waals surface area (Å²) in [7, 11) is -3.88. The zero-order valence-electron chi connectivity index (χ0n) is 11.4. The van der Waals surface area contributed by atoms with Gasteiger partial charge in [-0.05, 0) is 30.0 Å². The summed E-state index contributed by atoms with van der Waals surface area (Å²) in [5.41, 5.74) is 0.330. The second kappa shape index (κ2) is 5.02. The van der Waals surface area contributed by atoms with Crippen LogP contribution in [-0.4, -0.2) is 32.3 Å². The standard InChI is InChI=1S/C13H17ClN2O3S/c1-13(2)3-4-16(8-13)12(17)9-5-10(14)7-11(6-9)20(15,18)19/h5-7H,3-4,8H2,1-2H3,(H2,15,18,19). The molecule has 0 atom stereocenters. The van der Waals surface area contributed by atoms with Crippen LogP contribution in [0.5, 0.6) is 0 Å². The molecule has 0 saturated carbocycles. The number of nitrogens with two attached hydrogens (primary N) is 1. The number of rotatable bonds is 2. The van der Waals surface area contributed by atoms with E-state index in [1.807, 2.05) is 0 Å². The van der Waals surface area contributed by atoms with Gasteiger partial charge in [-0.1, -0.05) is 25.4 Å². The number of carbonyl (C=O) groups excluding carboxylic acids is 1. The van der Waals surface area contributed by atoms with Crippen LogP contribution in [0.2, 0.25) is 5.02 Å². The van der Waals surface area contributed by atoms with Crippen molar-refractivity contribution in [3.05, 3.63) is 28.8 Å². The monoisotopic (exact) mass is 316 g/mol. The fourth-order valence-electron chi connectivity index (χ4n) is 2.32. The summed E-state index contributed by atoms with van der Waals surface area (Å²) in [6, 6.07) is 3.97. The number of hydrogen-bond donors (Lipinski definition) is 1. The summed E-state index contributed by atoms with van der Waals surface area (Å²) >= 11 is 5.87. The summed E-state index contributed by atoms with van der Waals surface area (Å²) in [5.74, 6) is -0.219. The number of nitrogens with zero attached hydrogens (tertiary/aromatic N) is 1. The van der Waals surface area contributed by atoms with Crippen LogP contribution in [0.25, 0.3) is 0 Å². The predicted molar refractivity (Wildman–Crippen MR) is 77.1 cm³/mol. The minimum atomic E-state index is -3.88. The third-order valence-electron chi connectivity index (χ3n) is 3.41. The van der Waals surface area contributed by atoms with E-state index in [9.17, 15) is 13.2 Å². The smallest absolute Gasteiger partial charge is 0.253 e. The molecule has 1 amide bonds. The molecule has 1 aromatic rings. The van der Waals surface area contributed by atoms with Crippen LogP contribution in [-0.2, 0) is 10.0 Å². The van der Waals surface area contributed by atoms with Gasteiger partial charge in [-0.25, -0.2) is 13.6 Å². The van der Waals surface area contributed by atoms with Crippen LogP contribution in [0.1, 0.15) is 30.6 Å². The molecule has 0 radical (unpaired) electrons. The molecule has 1 aliphatic heterocycles. The van der Waals surface area contributed by atoms with Gasteiger partial charge in [0.1, 0.15) is 0 Å². The number of benzene rings is 1. The fraction of sp³-hybridized carbons (Fsp3) is 0.462. The Kier molecular flexibility index (Phi) is 3.83. The molecule has 110 valence electrons. The Balaban J connectivity index is 2.34. The van der Waals surface area contributed by atoms with Crippen molar-refractivity contribution in [3.63, 3.8) is 0 Å². The average Bonchev–Trinajstić information content (AvgIpc) is 2.67. The molecule has 5 nitrogen and oxygen atoms in total. The van der Waals surface area contributed by atoms with Crippen molar-refractivity contribution in [1.82, 2.24) is 4.90 Å². The summed E-state index contributed by atoms with van der Waals surface area (Å²) in [6.07, 6.45) is 0.918. The second-order valence-electron chi connectivity index (χ2n) is 5.86. The summed E-state index contributed by atoms with van der Waals surface area (Å²) in [4.78, 5) is 14.0. The van der Waals surface area contributed by atoms with Crippen molar-refractivity contribution >= 4 is 27.5 Å². The minimum Gasteiger partial charge on any atom is -0.338 e. The predicted octanol–water partition coefficient (Wildman–Crippen LogP) is 1.86. The molecule has 1 aliphatic rings. The lowest BCUT2D eigenvalue weighted by Gasteiger charge is -2.20. The van der Waals surface area contributed by atoms with Gasteiger partial charge in [0.05, 0.1) is 4.90 Å². The van der Waals surface area contributed by atoms with E-state index in [2.05, 4.69) is 13.8 Å². The van der Waals surface area contributed by atoms with Gasteiger partial charge in [-0.2, -0.15) is 0 Å². The first-order chi connectivity index (χ1) is 9.08. The van der Waals surface area contributed by atoms with Crippen molar-refractivity contribution in [2.24, 2.45) is 10.6 Å². The van der Waals surface area contributed by atoms with Gasteiger partial charge in [0.25, 0.3) is 5.91 Å². The van der Waals surface area contributed by atoms with Crippen molar-refractivity contribution in [3.8, 4) is 0 Å². The molecular formula is C13H17ClN2O3S. The van der Waals surface area contributed by atoms with Crippen LogP contribution in [0.4, 0.5) is 0 Å². The minimum absolute atomic E-state index is 0.0804. The molecule has 0 aromatic heterocycles. The second-order valence-corrected chi connectivity index (χ2v) is 7.86. The van der Waals surface area contributed by atoms with Crippen molar-refractivity contribution in [2.75, 3.05) is 13.1 Å².